The molecule has 4 nitrogen and oxygen atoms in total. The normalized spacial score (nSPS) is 18.8. The Morgan fingerprint density at radius 3 is 2.53 bits per heavy atom. The highest BCUT2D eigenvalue weighted by Crippen LogP contribution is 2.09. The molecule has 1 saturated heterocycles. The molecule has 0 unspecified atom stereocenters. The van der Waals surface area contributed by atoms with Gasteiger partial charge in [0.15, 0.2) is 10.9 Å². The van der Waals surface area contributed by atoms with Crippen LogP contribution < -0.4 is 10.6 Å². The van der Waals surface area contributed by atoms with Crippen molar-refractivity contribution in [3.8, 4) is 0 Å². The molecule has 1 fully saturated rings. The van der Waals surface area contributed by atoms with Crippen molar-refractivity contribution in [2.24, 2.45) is 0 Å². The lowest BCUT2D eigenvalue weighted by Crippen LogP contribution is -2.31. The van der Waals surface area contributed by atoms with Gasteiger partial charge < -0.3 is 10.6 Å². The number of nitrogens with one attached hydrogen (secondary N) is 2. The monoisotopic (exact) mass is 248 g/mol. The minimum atomic E-state index is -0.545. The third-order valence-electron chi connectivity index (χ3n) is 2.62. The molecule has 1 aliphatic rings. The van der Waals surface area contributed by atoms with Crippen LogP contribution in [0.5, 0.6) is 0 Å². The average molecular weight is 248 g/mol. The number of hydrogen-bond acceptors (Lipinski definition) is 3. The predicted molar refractivity (Wildman–Crippen MR) is 67.8 cm³/mol. The molecule has 0 aromatic heterocycles. The SMILES string of the molecule is Cc1ccc(C(=O)C[C@@H]2NC(=S)NC2=O)cc1. The fourth-order valence-electron chi connectivity index (χ4n) is 1.65. The summed E-state index contributed by atoms with van der Waals surface area (Å²) in [5.74, 6) is -0.308. The highest BCUT2D eigenvalue weighted by atomic mass is 32.1. The van der Waals surface area contributed by atoms with Gasteiger partial charge in [-0.15, -0.1) is 0 Å². The molecule has 5 heteroatoms. The summed E-state index contributed by atoms with van der Waals surface area (Å²) in [6, 6.07) is 6.74. The highest BCUT2D eigenvalue weighted by Gasteiger charge is 2.29. The van der Waals surface area contributed by atoms with Crippen molar-refractivity contribution >= 4 is 29.0 Å². The summed E-state index contributed by atoms with van der Waals surface area (Å²) >= 11 is 4.81. The maximum absolute atomic E-state index is 11.9. The molecular formula is C12H12N2O2S. The summed E-state index contributed by atoms with van der Waals surface area (Å²) < 4.78 is 0. The Morgan fingerprint density at radius 1 is 1.35 bits per heavy atom. The number of thiocarbonyl (C=S) groups is 1. The third kappa shape index (κ3) is 2.68. The second kappa shape index (κ2) is 4.63. The first-order valence-corrected chi connectivity index (χ1v) is 5.68. The van der Waals surface area contributed by atoms with Gasteiger partial charge in [-0.25, -0.2) is 0 Å². The Hall–Kier alpha value is -1.75. The molecule has 1 aromatic rings. The molecule has 0 aliphatic carbocycles. The molecule has 1 amide bonds. The molecule has 1 aliphatic heterocycles. The molecular weight excluding hydrogens is 236 g/mol. The van der Waals surface area contributed by atoms with Gasteiger partial charge in [0.2, 0.25) is 5.91 Å². The van der Waals surface area contributed by atoms with E-state index in [4.69, 9.17) is 12.2 Å². The average Bonchev–Trinajstić information content (AvgIpc) is 2.58. The fraction of sp³-hybridized carbons (Fsp3) is 0.250. The first-order valence-electron chi connectivity index (χ1n) is 5.27. The topological polar surface area (TPSA) is 58.2 Å². The Kier molecular flexibility index (Phi) is 3.19. The van der Waals surface area contributed by atoms with Gasteiger partial charge in [0.25, 0.3) is 0 Å². The second-order valence-electron chi connectivity index (χ2n) is 4.01. The number of aryl methyl sites for hydroxylation is 1. The zero-order valence-corrected chi connectivity index (χ0v) is 10.1. The van der Waals surface area contributed by atoms with Crippen molar-refractivity contribution in [1.29, 1.82) is 0 Å². The predicted octanol–water partition coefficient (Wildman–Crippen LogP) is 0.941. The number of carbonyl (C=O) groups excluding carboxylic acids is 2. The Balaban J connectivity index is 2.04. The summed E-state index contributed by atoms with van der Waals surface area (Å²) in [7, 11) is 0. The molecule has 2 rings (SSSR count). The van der Waals surface area contributed by atoms with E-state index in [0.29, 0.717) is 5.56 Å². The van der Waals surface area contributed by atoms with E-state index in [1.165, 1.54) is 0 Å². The molecule has 1 aromatic carbocycles. The van der Waals surface area contributed by atoms with Gasteiger partial charge in [-0.2, -0.15) is 0 Å². The molecule has 1 heterocycles. The maximum Gasteiger partial charge on any atom is 0.249 e. The van der Waals surface area contributed by atoms with E-state index in [0.717, 1.165) is 5.56 Å². The summed E-state index contributed by atoms with van der Waals surface area (Å²) in [5.41, 5.74) is 1.71. The van der Waals surface area contributed by atoms with Crippen LogP contribution in [0.4, 0.5) is 0 Å². The van der Waals surface area contributed by atoms with E-state index in [2.05, 4.69) is 10.6 Å². The van der Waals surface area contributed by atoms with Crippen LogP contribution >= 0.6 is 12.2 Å². The lowest BCUT2D eigenvalue weighted by molar-refractivity contribution is -0.120. The number of hydrogen-bond donors (Lipinski definition) is 2. The van der Waals surface area contributed by atoms with Gasteiger partial charge in [-0.05, 0) is 19.1 Å². The van der Waals surface area contributed by atoms with Crippen LogP contribution in [0.15, 0.2) is 24.3 Å². The van der Waals surface area contributed by atoms with Gasteiger partial charge in [0.05, 0.1) is 0 Å². The van der Waals surface area contributed by atoms with Crippen LogP contribution in [-0.4, -0.2) is 22.8 Å². The minimum Gasteiger partial charge on any atom is -0.350 e. The lowest BCUT2D eigenvalue weighted by Gasteiger charge is -2.06. The molecule has 17 heavy (non-hydrogen) atoms. The molecule has 0 saturated carbocycles. The zero-order valence-electron chi connectivity index (χ0n) is 9.32. The molecule has 88 valence electrons. The number of ketones is 1. The number of benzene rings is 1. The number of rotatable bonds is 3. The van der Waals surface area contributed by atoms with Crippen molar-refractivity contribution in [2.45, 2.75) is 19.4 Å². The van der Waals surface area contributed by atoms with Crippen LogP contribution in [-0.2, 0) is 4.79 Å². The van der Waals surface area contributed by atoms with Crippen molar-refractivity contribution in [3.05, 3.63) is 35.4 Å². The Bertz CT molecular complexity index is 482. The number of carbonyl (C=O) groups is 2. The molecule has 1 atom stereocenters. The van der Waals surface area contributed by atoms with Crippen molar-refractivity contribution in [1.82, 2.24) is 10.6 Å². The van der Waals surface area contributed by atoms with E-state index < -0.39 is 6.04 Å². The highest BCUT2D eigenvalue weighted by molar-refractivity contribution is 7.80. The summed E-state index contributed by atoms with van der Waals surface area (Å²) in [6.45, 7) is 1.96. The number of Topliss-reactive ketones (excluding diaryl/α,β-unsaturated/α-hetero) is 1. The third-order valence-corrected chi connectivity index (χ3v) is 2.84. The van der Waals surface area contributed by atoms with Crippen LogP contribution in [0.2, 0.25) is 0 Å². The quantitative estimate of drug-likeness (QED) is 0.617. The molecule has 2 N–H and O–H groups in total. The Morgan fingerprint density at radius 2 is 2.00 bits per heavy atom. The first-order chi connectivity index (χ1) is 8.06. The fourth-order valence-corrected chi connectivity index (χ4v) is 1.89. The Labute approximate surface area is 104 Å². The standard InChI is InChI=1S/C12H12N2O2S/c1-7-2-4-8(5-3-7)10(15)6-9-11(16)14-12(17)13-9/h2-5,9H,6H2,1H3,(H2,13,14,16,17)/t9-/m0/s1. The minimum absolute atomic E-state index is 0.0673. The van der Waals surface area contributed by atoms with Crippen molar-refractivity contribution in [3.63, 3.8) is 0 Å². The zero-order chi connectivity index (χ0) is 12.4. The van der Waals surface area contributed by atoms with E-state index in [1.54, 1.807) is 12.1 Å². The maximum atomic E-state index is 11.9. The molecule has 0 radical (unpaired) electrons. The lowest BCUT2D eigenvalue weighted by atomic mass is 10.0. The molecule has 0 spiro atoms. The van der Waals surface area contributed by atoms with Gasteiger partial charge in [0, 0.05) is 12.0 Å². The summed E-state index contributed by atoms with van der Waals surface area (Å²) in [6.07, 6.45) is 0.120. The smallest absolute Gasteiger partial charge is 0.249 e. The van der Waals surface area contributed by atoms with E-state index in [9.17, 15) is 9.59 Å². The summed E-state index contributed by atoms with van der Waals surface area (Å²) in [5, 5.41) is 5.52. The summed E-state index contributed by atoms with van der Waals surface area (Å²) in [4.78, 5) is 23.3. The van der Waals surface area contributed by atoms with Crippen LogP contribution in [0.3, 0.4) is 0 Å². The van der Waals surface area contributed by atoms with Crippen LogP contribution in [0, 0.1) is 6.92 Å². The van der Waals surface area contributed by atoms with Crippen LogP contribution in [0.25, 0.3) is 0 Å². The molecule has 0 bridgehead atoms. The van der Waals surface area contributed by atoms with Gasteiger partial charge in [-0.1, -0.05) is 29.8 Å². The van der Waals surface area contributed by atoms with E-state index in [-0.39, 0.29) is 23.2 Å². The van der Waals surface area contributed by atoms with Gasteiger partial charge in [0.1, 0.15) is 6.04 Å². The van der Waals surface area contributed by atoms with Gasteiger partial charge in [-0.3, -0.25) is 9.59 Å². The second-order valence-corrected chi connectivity index (χ2v) is 4.42. The largest absolute Gasteiger partial charge is 0.350 e. The van der Waals surface area contributed by atoms with E-state index >= 15 is 0 Å². The van der Waals surface area contributed by atoms with Gasteiger partial charge >= 0.3 is 0 Å². The van der Waals surface area contributed by atoms with Crippen molar-refractivity contribution < 1.29 is 9.59 Å². The van der Waals surface area contributed by atoms with Crippen LogP contribution in [0.1, 0.15) is 22.3 Å². The van der Waals surface area contributed by atoms with E-state index in [1.807, 2.05) is 19.1 Å². The first kappa shape index (κ1) is 11.7. The van der Waals surface area contributed by atoms with Crippen molar-refractivity contribution in [2.75, 3.05) is 0 Å². The number of amides is 1.